The van der Waals surface area contributed by atoms with Crippen LogP contribution in [0.3, 0.4) is 0 Å². The molecule has 1 aromatic heterocycles. The van der Waals surface area contributed by atoms with Crippen molar-refractivity contribution in [3.8, 4) is 67.5 Å². The predicted octanol–water partition coefficient (Wildman–Crippen LogP) is 12.7. The van der Waals surface area contributed by atoms with Crippen LogP contribution < -0.4 is 0 Å². The SMILES string of the molecule is CC1(C)c2ccccc2Sc2ccc(-c3ccccc3-c3nc(-c4ccc(-c5ccccc5)cc4)nc(-c4ccc(-c5ccccc5)cc4)n3)cc21. The summed E-state index contributed by atoms with van der Waals surface area (Å²) in [7, 11) is 0. The van der Waals surface area contributed by atoms with Crippen molar-refractivity contribution in [1.29, 1.82) is 0 Å². The van der Waals surface area contributed by atoms with E-state index in [0.717, 1.165) is 38.9 Å². The zero-order chi connectivity index (χ0) is 35.1. The first-order valence-electron chi connectivity index (χ1n) is 17.6. The van der Waals surface area contributed by atoms with Gasteiger partial charge >= 0.3 is 0 Å². The van der Waals surface area contributed by atoms with Crippen LogP contribution in [0.25, 0.3) is 67.5 Å². The standard InChI is InChI=1S/C48H35N3S/c1-48(2)41-19-11-12-20-43(41)52-44-30-29-38(31-42(44)48)39-17-9-10-18-40(39)47-50-45(36-25-21-34(22-26-36)32-13-5-3-6-14-32)49-46(51-47)37-27-23-35(24-28-37)33-15-7-4-8-16-33/h3-31H,1-2H3. The average molecular weight is 686 g/mol. The third-order valence-electron chi connectivity index (χ3n) is 10.0. The summed E-state index contributed by atoms with van der Waals surface area (Å²) in [5, 5.41) is 0. The van der Waals surface area contributed by atoms with Crippen LogP contribution in [-0.2, 0) is 5.41 Å². The summed E-state index contributed by atoms with van der Waals surface area (Å²) in [6, 6.07) is 62.0. The normalized spacial score (nSPS) is 12.9. The Hall–Kier alpha value is -6.10. The molecule has 0 saturated heterocycles. The van der Waals surface area contributed by atoms with E-state index in [1.165, 1.54) is 32.0 Å². The summed E-state index contributed by atoms with van der Waals surface area (Å²) in [4.78, 5) is 18.0. The van der Waals surface area contributed by atoms with E-state index in [1.807, 2.05) is 23.9 Å². The van der Waals surface area contributed by atoms with Crippen molar-refractivity contribution in [2.24, 2.45) is 0 Å². The molecule has 0 bridgehead atoms. The number of hydrogen-bond donors (Lipinski definition) is 0. The molecule has 9 rings (SSSR count). The summed E-state index contributed by atoms with van der Waals surface area (Å²) in [6.07, 6.45) is 0. The molecule has 3 nitrogen and oxygen atoms in total. The minimum Gasteiger partial charge on any atom is -0.208 e. The average Bonchev–Trinajstić information content (AvgIpc) is 3.21. The highest BCUT2D eigenvalue weighted by molar-refractivity contribution is 7.99. The van der Waals surface area contributed by atoms with Crippen molar-refractivity contribution in [1.82, 2.24) is 15.0 Å². The molecule has 8 aromatic rings. The molecule has 1 aliphatic rings. The van der Waals surface area contributed by atoms with E-state index in [4.69, 9.17) is 15.0 Å². The lowest BCUT2D eigenvalue weighted by atomic mass is 9.77. The fourth-order valence-electron chi connectivity index (χ4n) is 7.18. The van der Waals surface area contributed by atoms with Gasteiger partial charge in [0.2, 0.25) is 0 Å². The first kappa shape index (κ1) is 31.9. The Morgan fingerprint density at radius 1 is 0.346 bits per heavy atom. The van der Waals surface area contributed by atoms with E-state index in [-0.39, 0.29) is 5.41 Å². The van der Waals surface area contributed by atoms with Gasteiger partial charge in [-0.15, -0.1) is 0 Å². The predicted molar refractivity (Wildman–Crippen MR) is 215 cm³/mol. The van der Waals surface area contributed by atoms with E-state index < -0.39 is 0 Å². The van der Waals surface area contributed by atoms with Gasteiger partial charge in [-0.3, -0.25) is 0 Å². The number of benzene rings is 7. The van der Waals surface area contributed by atoms with Crippen LogP contribution in [0.1, 0.15) is 25.0 Å². The molecule has 0 saturated carbocycles. The lowest BCUT2D eigenvalue weighted by Crippen LogP contribution is -2.23. The number of aromatic nitrogens is 3. The lowest BCUT2D eigenvalue weighted by Gasteiger charge is -2.35. The molecule has 2 heterocycles. The van der Waals surface area contributed by atoms with Crippen molar-refractivity contribution in [3.63, 3.8) is 0 Å². The number of nitrogens with zero attached hydrogens (tertiary/aromatic N) is 3. The number of rotatable bonds is 6. The first-order chi connectivity index (χ1) is 25.5. The Labute approximate surface area is 309 Å². The Morgan fingerprint density at radius 2 is 0.769 bits per heavy atom. The van der Waals surface area contributed by atoms with Crippen LogP contribution in [0.4, 0.5) is 0 Å². The Kier molecular flexibility index (Phi) is 8.10. The third kappa shape index (κ3) is 5.91. The summed E-state index contributed by atoms with van der Waals surface area (Å²) >= 11 is 1.85. The van der Waals surface area contributed by atoms with E-state index in [2.05, 4.69) is 178 Å². The minimum atomic E-state index is -0.131. The van der Waals surface area contributed by atoms with Gasteiger partial charge in [-0.1, -0.05) is 183 Å². The summed E-state index contributed by atoms with van der Waals surface area (Å²) in [6.45, 7) is 4.66. The van der Waals surface area contributed by atoms with E-state index in [9.17, 15) is 0 Å². The molecule has 0 unspecified atom stereocenters. The maximum atomic E-state index is 5.17. The fraction of sp³-hybridized carbons (Fsp3) is 0.0625. The van der Waals surface area contributed by atoms with Crippen LogP contribution in [0, 0.1) is 0 Å². The van der Waals surface area contributed by atoms with Gasteiger partial charge in [-0.05, 0) is 62.7 Å². The van der Waals surface area contributed by atoms with Gasteiger partial charge in [0.25, 0.3) is 0 Å². The first-order valence-corrected chi connectivity index (χ1v) is 18.4. The molecule has 0 aliphatic carbocycles. The maximum absolute atomic E-state index is 5.17. The summed E-state index contributed by atoms with van der Waals surface area (Å²) < 4.78 is 0. The second kappa shape index (κ2) is 13.2. The Bertz CT molecular complexity index is 2440. The van der Waals surface area contributed by atoms with Gasteiger partial charge in [0.15, 0.2) is 17.5 Å². The van der Waals surface area contributed by atoms with Crippen LogP contribution in [0.5, 0.6) is 0 Å². The van der Waals surface area contributed by atoms with Crippen molar-refractivity contribution >= 4 is 11.8 Å². The second-order valence-corrected chi connectivity index (χ2v) is 14.8. The van der Waals surface area contributed by atoms with E-state index >= 15 is 0 Å². The molecule has 0 N–H and O–H groups in total. The van der Waals surface area contributed by atoms with Crippen LogP contribution in [0.15, 0.2) is 186 Å². The largest absolute Gasteiger partial charge is 0.208 e. The van der Waals surface area contributed by atoms with Crippen LogP contribution in [0.2, 0.25) is 0 Å². The molecular weight excluding hydrogens is 651 g/mol. The van der Waals surface area contributed by atoms with Crippen molar-refractivity contribution in [3.05, 3.63) is 187 Å². The highest BCUT2D eigenvalue weighted by atomic mass is 32.2. The smallest absolute Gasteiger partial charge is 0.164 e. The number of fused-ring (bicyclic) bond motifs is 2. The van der Waals surface area contributed by atoms with E-state index in [1.54, 1.807) is 0 Å². The highest BCUT2D eigenvalue weighted by Crippen LogP contribution is 2.50. The molecule has 4 heteroatoms. The van der Waals surface area contributed by atoms with Crippen molar-refractivity contribution < 1.29 is 0 Å². The van der Waals surface area contributed by atoms with Gasteiger partial charge < -0.3 is 0 Å². The lowest BCUT2D eigenvalue weighted by molar-refractivity contribution is 0.607. The second-order valence-electron chi connectivity index (χ2n) is 13.7. The molecule has 0 amide bonds. The van der Waals surface area contributed by atoms with Gasteiger partial charge in [0, 0.05) is 31.9 Å². The molecule has 0 atom stereocenters. The fourth-order valence-corrected chi connectivity index (χ4v) is 8.56. The summed E-state index contributed by atoms with van der Waals surface area (Å²) in [5.74, 6) is 1.92. The zero-order valence-electron chi connectivity index (χ0n) is 29.0. The molecule has 0 spiro atoms. The zero-order valence-corrected chi connectivity index (χ0v) is 29.8. The van der Waals surface area contributed by atoms with Gasteiger partial charge in [-0.25, -0.2) is 15.0 Å². The van der Waals surface area contributed by atoms with Crippen LogP contribution >= 0.6 is 11.8 Å². The molecule has 0 fully saturated rings. The summed E-state index contributed by atoms with van der Waals surface area (Å²) in [5.41, 5.74) is 12.3. The highest BCUT2D eigenvalue weighted by Gasteiger charge is 2.33. The van der Waals surface area contributed by atoms with Gasteiger partial charge in [0.1, 0.15) is 0 Å². The molecule has 7 aromatic carbocycles. The molecule has 1 aliphatic heterocycles. The van der Waals surface area contributed by atoms with Crippen molar-refractivity contribution in [2.45, 2.75) is 29.1 Å². The monoisotopic (exact) mass is 685 g/mol. The Morgan fingerprint density at radius 3 is 1.37 bits per heavy atom. The molecule has 0 radical (unpaired) electrons. The third-order valence-corrected chi connectivity index (χ3v) is 11.2. The van der Waals surface area contributed by atoms with Gasteiger partial charge in [0.05, 0.1) is 0 Å². The van der Waals surface area contributed by atoms with Crippen molar-refractivity contribution in [2.75, 3.05) is 0 Å². The Balaban J connectivity index is 1.16. The van der Waals surface area contributed by atoms with Crippen LogP contribution in [-0.4, -0.2) is 15.0 Å². The number of hydrogen-bond acceptors (Lipinski definition) is 4. The maximum Gasteiger partial charge on any atom is 0.164 e. The molecule has 52 heavy (non-hydrogen) atoms. The quantitative estimate of drug-likeness (QED) is 0.175. The minimum absolute atomic E-state index is 0.131. The molecular formula is C48H35N3S. The van der Waals surface area contributed by atoms with E-state index in [0.29, 0.717) is 17.5 Å². The topological polar surface area (TPSA) is 38.7 Å². The van der Waals surface area contributed by atoms with Gasteiger partial charge in [-0.2, -0.15) is 0 Å². The molecule has 248 valence electrons.